The zero-order chi connectivity index (χ0) is 7.71. The Morgan fingerprint density at radius 2 is 1.45 bits per heavy atom. The molecule has 72 valence electrons. The third-order valence-electron chi connectivity index (χ3n) is 0.695. The number of rotatable bonds is 1. The highest BCUT2D eigenvalue weighted by Gasteiger charge is 2.16. The minimum absolute atomic E-state index is 0. The quantitative estimate of drug-likeness (QED) is 0.705. The lowest BCUT2D eigenvalue weighted by Crippen LogP contribution is -2.19. The number of halogens is 1. The summed E-state index contributed by atoms with van der Waals surface area (Å²) in [4.78, 5) is 0. The van der Waals surface area contributed by atoms with Crippen LogP contribution in [0.1, 0.15) is 20.8 Å². The molecule has 0 aromatic carbocycles. The largest absolute Gasteiger partial charge is 0.344 e. The summed E-state index contributed by atoms with van der Waals surface area (Å²) in [7, 11) is -2.78. The first-order valence-corrected chi connectivity index (χ1v) is 4.94. The number of hydrogen-bond acceptors (Lipinski definition) is 3. The SMILES string of the molecule is CC(C)(C)CS(C)(=O)=O.Cl.N. The smallest absolute Gasteiger partial charge is 0.147 e. The molecule has 0 aliphatic rings. The van der Waals surface area contributed by atoms with E-state index in [1.165, 1.54) is 6.26 Å². The molecule has 0 bridgehead atoms. The van der Waals surface area contributed by atoms with Crippen LogP contribution in [0.5, 0.6) is 0 Å². The van der Waals surface area contributed by atoms with Crippen LogP contribution in [0.25, 0.3) is 0 Å². The Bertz CT molecular complexity index is 181. The van der Waals surface area contributed by atoms with E-state index in [-0.39, 0.29) is 29.7 Å². The summed E-state index contributed by atoms with van der Waals surface area (Å²) in [5.74, 6) is 0.264. The molecule has 3 N–H and O–H groups in total. The van der Waals surface area contributed by atoms with Crippen LogP contribution < -0.4 is 6.15 Å². The van der Waals surface area contributed by atoms with Gasteiger partial charge in [-0.2, -0.15) is 0 Å². The molecule has 0 amide bonds. The Kier molecular flexibility index (Phi) is 7.81. The Morgan fingerprint density at radius 1 is 1.18 bits per heavy atom. The van der Waals surface area contributed by atoms with Crippen molar-refractivity contribution in [2.45, 2.75) is 20.8 Å². The van der Waals surface area contributed by atoms with Crippen LogP contribution in [0, 0.1) is 5.41 Å². The van der Waals surface area contributed by atoms with Crippen molar-refractivity contribution in [2.75, 3.05) is 12.0 Å². The predicted molar refractivity (Wildman–Crippen MR) is 51.4 cm³/mol. The lowest BCUT2D eigenvalue weighted by atomic mass is 10.0. The second kappa shape index (κ2) is 4.95. The molecular formula is C6H18ClNO2S. The van der Waals surface area contributed by atoms with Gasteiger partial charge in [0.15, 0.2) is 0 Å². The van der Waals surface area contributed by atoms with Gasteiger partial charge in [-0.15, -0.1) is 12.4 Å². The van der Waals surface area contributed by atoms with Crippen LogP contribution in [0.3, 0.4) is 0 Å². The standard InChI is InChI=1S/C6H14O2S.ClH.H3N/c1-6(2,3)5-9(4,7)8;;/h5H2,1-4H3;1H;1H3. The fourth-order valence-corrected chi connectivity index (χ4v) is 2.36. The van der Waals surface area contributed by atoms with E-state index in [0.717, 1.165) is 0 Å². The molecule has 0 spiro atoms. The van der Waals surface area contributed by atoms with Crippen molar-refractivity contribution in [1.82, 2.24) is 6.15 Å². The third-order valence-corrected chi connectivity index (χ3v) is 2.09. The summed E-state index contributed by atoms with van der Waals surface area (Å²) in [5, 5.41) is 0. The van der Waals surface area contributed by atoms with Crippen molar-refractivity contribution in [1.29, 1.82) is 0 Å². The van der Waals surface area contributed by atoms with E-state index in [1.54, 1.807) is 0 Å². The molecule has 3 nitrogen and oxygen atoms in total. The van der Waals surface area contributed by atoms with Crippen LogP contribution >= 0.6 is 12.4 Å². The highest BCUT2D eigenvalue weighted by atomic mass is 35.5. The lowest BCUT2D eigenvalue weighted by molar-refractivity contribution is 0.463. The Balaban J connectivity index is -0.000000320. The van der Waals surface area contributed by atoms with Crippen LogP contribution in [-0.2, 0) is 9.84 Å². The van der Waals surface area contributed by atoms with Gasteiger partial charge in [0.1, 0.15) is 9.84 Å². The second-order valence-electron chi connectivity index (χ2n) is 3.63. The van der Waals surface area contributed by atoms with Gasteiger partial charge in [-0.25, -0.2) is 8.42 Å². The topological polar surface area (TPSA) is 69.1 Å². The molecule has 0 fully saturated rings. The lowest BCUT2D eigenvalue weighted by Gasteiger charge is -2.15. The molecule has 0 atom stereocenters. The van der Waals surface area contributed by atoms with E-state index < -0.39 is 9.84 Å². The molecule has 0 aliphatic heterocycles. The van der Waals surface area contributed by atoms with Crippen molar-refractivity contribution in [2.24, 2.45) is 5.41 Å². The molecule has 5 heteroatoms. The van der Waals surface area contributed by atoms with Crippen molar-refractivity contribution in [3.05, 3.63) is 0 Å². The molecule has 0 heterocycles. The maximum atomic E-state index is 10.6. The van der Waals surface area contributed by atoms with E-state index >= 15 is 0 Å². The summed E-state index contributed by atoms with van der Waals surface area (Å²) < 4.78 is 21.3. The highest BCUT2D eigenvalue weighted by molar-refractivity contribution is 7.90. The fraction of sp³-hybridized carbons (Fsp3) is 1.00. The summed E-state index contributed by atoms with van der Waals surface area (Å²) in [6, 6.07) is 0. The van der Waals surface area contributed by atoms with Gasteiger partial charge in [0.25, 0.3) is 0 Å². The average Bonchev–Trinajstić information content (AvgIpc) is 1.14. The van der Waals surface area contributed by atoms with Crippen LogP contribution in [0.2, 0.25) is 0 Å². The van der Waals surface area contributed by atoms with Crippen molar-refractivity contribution in [3.8, 4) is 0 Å². The Morgan fingerprint density at radius 3 is 1.45 bits per heavy atom. The van der Waals surface area contributed by atoms with Gasteiger partial charge in [-0.3, -0.25) is 0 Å². The van der Waals surface area contributed by atoms with E-state index in [1.807, 2.05) is 20.8 Å². The first-order valence-electron chi connectivity index (χ1n) is 2.88. The molecule has 0 saturated carbocycles. The molecule has 0 unspecified atom stereocenters. The summed E-state index contributed by atoms with van der Waals surface area (Å²) in [5.41, 5.74) is -0.104. The van der Waals surface area contributed by atoms with Crippen molar-refractivity contribution in [3.63, 3.8) is 0 Å². The maximum Gasteiger partial charge on any atom is 0.147 e. The van der Waals surface area contributed by atoms with Gasteiger partial charge in [0.05, 0.1) is 5.75 Å². The fourth-order valence-electron chi connectivity index (χ4n) is 0.787. The van der Waals surface area contributed by atoms with Gasteiger partial charge in [0, 0.05) is 6.26 Å². The van der Waals surface area contributed by atoms with Gasteiger partial charge in [-0.05, 0) is 5.41 Å². The van der Waals surface area contributed by atoms with Gasteiger partial charge in [-0.1, -0.05) is 20.8 Å². The molecule has 0 aliphatic carbocycles. The first-order chi connectivity index (χ1) is 3.71. The predicted octanol–water partition coefficient (Wildman–Crippen LogP) is 1.66. The molecule has 11 heavy (non-hydrogen) atoms. The summed E-state index contributed by atoms with van der Waals surface area (Å²) >= 11 is 0. The van der Waals surface area contributed by atoms with Crippen LogP contribution in [0.4, 0.5) is 0 Å². The van der Waals surface area contributed by atoms with Crippen molar-refractivity contribution < 1.29 is 8.42 Å². The molecule has 0 saturated heterocycles. The first kappa shape index (κ1) is 17.3. The minimum Gasteiger partial charge on any atom is -0.344 e. The average molecular weight is 204 g/mol. The monoisotopic (exact) mass is 203 g/mol. The zero-order valence-corrected chi connectivity index (χ0v) is 9.18. The van der Waals surface area contributed by atoms with E-state index in [2.05, 4.69) is 0 Å². The Hall–Kier alpha value is 0.200. The molecule has 0 radical (unpaired) electrons. The van der Waals surface area contributed by atoms with E-state index in [9.17, 15) is 8.42 Å². The Labute approximate surface area is 75.5 Å². The van der Waals surface area contributed by atoms with Gasteiger partial charge in [0.2, 0.25) is 0 Å². The zero-order valence-electron chi connectivity index (χ0n) is 7.55. The minimum atomic E-state index is -2.78. The number of hydrogen-bond donors (Lipinski definition) is 1. The van der Waals surface area contributed by atoms with Crippen LogP contribution in [-0.4, -0.2) is 20.4 Å². The molecular weight excluding hydrogens is 186 g/mol. The number of sulfone groups is 1. The molecule has 0 rings (SSSR count). The van der Waals surface area contributed by atoms with E-state index in [4.69, 9.17) is 0 Å². The summed E-state index contributed by atoms with van der Waals surface area (Å²) in [6.45, 7) is 5.73. The molecule has 0 aromatic heterocycles. The third kappa shape index (κ3) is 17.8. The maximum absolute atomic E-state index is 10.6. The summed E-state index contributed by atoms with van der Waals surface area (Å²) in [6.07, 6.45) is 1.26. The highest BCUT2D eigenvalue weighted by Crippen LogP contribution is 2.14. The molecule has 0 aromatic rings. The van der Waals surface area contributed by atoms with Gasteiger partial charge >= 0.3 is 0 Å². The van der Waals surface area contributed by atoms with Crippen LogP contribution in [0.15, 0.2) is 0 Å². The van der Waals surface area contributed by atoms with Crippen molar-refractivity contribution >= 4 is 22.2 Å². The van der Waals surface area contributed by atoms with Gasteiger partial charge < -0.3 is 6.15 Å². The van der Waals surface area contributed by atoms with E-state index in [0.29, 0.717) is 0 Å². The second-order valence-corrected chi connectivity index (χ2v) is 5.77. The normalized spacial score (nSPS) is 11.3.